The molecule has 0 amide bonds. The Labute approximate surface area is 216 Å². The van der Waals surface area contributed by atoms with Crippen molar-refractivity contribution in [2.45, 2.75) is 58.4 Å². The van der Waals surface area contributed by atoms with E-state index in [4.69, 9.17) is 20.5 Å². The number of hydrogen-bond acceptors (Lipinski definition) is 8. The number of halogens is 3. The van der Waals surface area contributed by atoms with E-state index in [1.165, 1.54) is 11.3 Å². The lowest BCUT2D eigenvalue weighted by Gasteiger charge is -2.43. The highest BCUT2D eigenvalue weighted by molar-refractivity contribution is 5.81. The summed E-state index contributed by atoms with van der Waals surface area (Å²) >= 11 is 0. The molecule has 0 aromatic heterocycles. The van der Waals surface area contributed by atoms with Crippen LogP contribution in [0.5, 0.6) is 0 Å². The van der Waals surface area contributed by atoms with Crippen LogP contribution in [0.3, 0.4) is 0 Å². The van der Waals surface area contributed by atoms with Crippen LogP contribution in [0.2, 0.25) is 0 Å². The second-order valence-corrected chi connectivity index (χ2v) is 10.2. The van der Waals surface area contributed by atoms with E-state index < -0.39 is 17.7 Å². The maximum absolute atomic E-state index is 12.1. The highest BCUT2D eigenvalue weighted by Gasteiger charge is 2.38. The van der Waals surface area contributed by atoms with E-state index in [-0.39, 0.29) is 5.97 Å². The average molecular weight is 530 g/mol. The van der Waals surface area contributed by atoms with Gasteiger partial charge in [-0.1, -0.05) is 6.07 Å². The summed E-state index contributed by atoms with van der Waals surface area (Å²) in [6, 6.07) is 7.01. The minimum absolute atomic E-state index is 0.117. The first-order chi connectivity index (χ1) is 17.2. The predicted octanol–water partition coefficient (Wildman–Crippen LogP) is 2.85. The number of carboxylic acids is 1. The number of rotatable bonds is 5. The fourth-order valence-corrected chi connectivity index (χ4v) is 4.53. The Morgan fingerprint density at radius 2 is 1.68 bits per heavy atom. The molecule has 2 saturated heterocycles. The number of carboxylic acid groups (broad SMARTS) is 1. The highest BCUT2D eigenvalue weighted by Crippen LogP contribution is 2.25. The number of likely N-dealkylation sites (tertiary alicyclic amines) is 1. The van der Waals surface area contributed by atoms with Gasteiger partial charge in [0.1, 0.15) is 5.60 Å². The molecule has 2 heterocycles. The van der Waals surface area contributed by atoms with E-state index >= 15 is 0 Å². The zero-order chi connectivity index (χ0) is 27.8. The Morgan fingerprint density at radius 3 is 2.14 bits per heavy atom. The van der Waals surface area contributed by atoms with Gasteiger partial charge in [-0.25, -0.2) is 4.79 Å². The summed E-state index contributed by atoms with van der Waals surface area (Å²) in [5, 5.41) is 10.7. The summed E-state index contributed by atoms with van der Waals surface area (Å²) < 4.78 is 37.2. The first-order valence-electron chi connectivity index (χ1n) is 12.3. The van der Waals surface area contributed by atoms with Crippen LogP contribution >= 0.6 is 0 Å². The smallest absolute Gasteiger partial charge is 0.475 e. The SMILES string of the molecule is Cc1cc(C=NN)ccc1N1CCN(C2CCN(CC(=O)OC(C)(C)C)CC2)CC1.O=C(O)C(F)(F)F. The fourth-order valence-electron chi connectivity index (χ4n) is 4.53. The van der Waals surface area contributed by atoms with Gasteiger partial charge in [0.05, 0.1) is 12.8 Å². The molecule has 2 aliphatic rings. The van der Waals surface area contributed by atoms with Crippen molar-refractivity contribution in [3.05, 3.63) is 29.3 Å². The number of piperazine rings is 1. The van der Waals surface area contributed by atoms with Gasteiger partial charge in [0, 0.05) is 51.0 Å². The molecule has 3 N–H and O–H groups in total. The zero-order valence-electron chi connectivity index (χ0n) is 21.9. The number of ether oxygens (including phenoxy) is 1. The van der Waals surface area contributed by atoms with E-state index in [0.717, 1.165) is 57.7 Å². The zero-order valence-corrected chi connectivity index (χ0v) is 21.9. The van der Waals surface area contributed by atoms with Crippen molar-refractivity contribution >= 4 is 23.8 Å². The number of anilines is 1. The van der Waals surface area contributed by atoms with Crippen molar-refractivity contribution in [1.29, 1.82) is 0 Å². The molecule has 2 fully saturated rings. The second-order valence-electron chi connectivity index (χ2n) is 10.2. The molecule has 37 heavy (non-hydrogen) atoms. The van der Waals surface area contributed by atoms with Gasteiger partial charge in [0.15, 0.2) is 0 Å². The highest BCUT2D eigenvalue weighted by atomic mass is 19.4. The molecule has 1 aromatic rings. The molecule has 208 valence electrons. The average Bonchev–Trinajstić information content (AvgIpc) is 2.79. The number of piperidine rings is 1. The largest absolute Gasteiger partial charge is 0.490 e. The summed E-state index contributed by atoms with van der Waals surface area (Å²) in [5.41, 5.74) is 3.19. The first kappa shape index (κ1) is 30.4. The van der Waals surface area contributed by atoms with E-state index in [1.807, 2.05) is 20.8 Å². The molecule has 1 aromatic carbocycles. The third-order valence-corrected chi connectivity index (χ3v) is 6.19. The molecular weight excluding hydrogens is 491 g/mol. The Hall–Kier alpha value is -2.86. The molecule has 2 aliphatic heterocycles. The lowest BCUT2D eigenvalue weighted by atomic mass is 10.0. The predicted molar refractivity (Wildman–Crippen MR) is 136 cm³/mol. The van der Waals surface area contributed by atoms with Crippen LogP contribution < -0.4 is 10.7 Å². The number of alkyl halides is 3. The summed E-state index contributed by atoms with van der Waals surface area (Å²) in [6.07, 6.45) is -1.16. The van der Waals surface area contributed by atoms with Crippen LogP contribution in [0, 0.1) is 6.92 Å². The number of nitrogens with two attached hydrogens (primary N) is 1. The fraction of sp³-hybridized carbons (Fsp3) is 0.640. The Balaban J connectivity index is 0.000000604. The Bertz CT molecular complexity index is 933. The van der Waals surface area contributed by atoms with Crippen LogP contribution in [0.15, 0.2) is 23.3 Å². The van der Waals surface area contributed by atoms with Gasteiger partial charge in [0.2, 0.25) is 0 Å². The van der Waals surface area contributed by atoms with Crippen LogP contribution in [0.1, 0.15) is 44.7 Å². The van der Waals surface area contributed by atoms with Gasteiger partial charge in [0.25, 0.3) is 0 Å². The van der Waals surface area contributed by atoms with Crippen LogP contribution in [0.25, 0.3) is 0 Å². The number of carbonyl (C=O) groups excluding carboxylic acids is 1. The molecule has 0 atom stereocenters. The topological polar surface area (TPSA) is 112 Å². The van der Waals surface area contributed by atoms with Crippen LogP contribution in [0.4, 0.5) is 18.9 Å². The molecule has 0 bridgehead atoms. The minimum Gasteiger partial charge on any atom is -0.475 e. The quantitative estimate of drug-likeness (QED) is 0.259. The number of benzene rings is 1. The van der Waals surface area contributed by atoms with Crippen LogP contribution in [-0.4, -0.2) is 96.7 Å². The molecule has 9 nitrogen and oxygen atoms in total. The molecular formula is C25H38F3N5O4. The maximum atomic E-state index is 12.1. The van der Waals surface area contributed by atoms with E-state index in [9.17, 15) is 18.0 Å². The number of esters is 1. The molecule has 0 aliphatic carbocycles. The van der Waals surface area contributed by atoms with E-state index in [2.05, 4.69) is 44.9 Å². The number of hydrogen-bond donors (Lipinski definition) is 2. The maximum Gasteiger partial charge on any atom is 0.490 e. The van der Waals surface area contributed by atoms with Crippen molar-refractivity contribution in [1.82, 2.24) is 9.80 Å². The van der Waals surface area contributed by atoms with Crippen molar-refractivity contribution in [2.24, 2.45) is 10.9 Å². The summed E-state index contributed by atoms with van der Waals surface area (Å²) in [6.45, 7) is 14.5. The summed E-state index contributed by atoms with van der Waals surface area (Å²) in [7, 11) is 0. The lowest BCUT2D eigenvalue weighted by Crippen LogP contribution is -2.53. The van der Waals surface area contributed by atoms with Gasteiger partial charge in [-0.05, 0) is 63.8 Å². The number of carbonyl (C=O) groups is 2. The van der Waals surface area contributed by atoms with Gasteiger partial charge in [-0.15, -0.1) is 0 Å². The Morgan fingerprint density at radius 1 is 1.11 bits per heavy atom. The number of nitrogens with zero attached hydrogens (tertiary/aromatic N) is 4. The summed E-state index contributed by atoms with van der Waals surface area (Å²) in [4.78, 5) is 28.3. The summed E-state index contributed by atoms with van der Waals surface area (Å²) in [5.74, 6) is 2.39. The first-order valence-corrected chi connectivity index (χ1v) is 12.3. The standard InChI is InChI=1S/C23H37N5O2.C2HF3O2/c1-18-15-19(16-25-24)5-6-21(18)28-13-11-27(12-14-28)20-7-9-26(10-8-20)17-22(29)30-23(2,3)4;3-2(4,5)1(6)7/h5-6,15-16,20H,7-14,17,24H2,1-4H3;(H,6,7). The van der Waals surface area contributed by atoms with Crippen molar-refractivity contribution < 1.29 is 32.6 Å². The molecule has 12 heteroatoms. The van der Waals surface area contributed by atoms with E-state index in [1.54, 1.807) is 6.21 Å². The monoisotopic (exact) mass is 529 g/mol. The normalized spacial score (nSPS) is 18.4. The Kier molecular flexibility index (Phi) is 10.7. The molecule has 0 saturated carbocycles. The molecule has 0 radical (unpaired) electrons. The van der Waals surface area contributed by atoms with Gasteiger partial charge >= 0.3 is 18.1 Å². The van der Waals surface area contributed by atoms with Crippen LogP contribution in [-0.2, 0) is 14.3 Å². The third-order valence-electron chi connectivity index (χ3n) is 6.19. The number of aliphatic carboxylic acids is 1. The minimum atomic E-state index is -5.08. The van der Waals surface area contributed by atoms with E-state index in [0.29, 0.717) is 12.6 Å². The van der Waals surface area contributed by atoms with Crippen molar-refractivity contribution in [3.8, 4) is 0 Å². The van der Waals surface area contributed by atoms with Gasteiger partial charge in [-0.3, -0.25) is 14.6 Å². The molecule has 0 unspecified atom stereocenters. The van der Waals surface area contributed by atoms with Gasteiger partial charge in [-0.2, -0.15) is 18.3 Å². The van der Waals surface area contributed by atoms with Crippen molar-refractivity contribution in [3.63, 3.8) is 0 Å². The molecule has 0 spiro atoms. The molecule has 3 rings (SSSR count). The third kappa shape index (κ3) is 10.2. The second kappa shape index (κ2) is 13.1. The van der Waals surface area contributed by atoms with Gasteiger partial charge < -0.3 is 20.6 Å². The van der Waals surface area contributed by atoms with Crippen molar-refractivity contribution in [2.75, 3.05) is 50.7 Å². The number of hydrazone groups is 1. The number of aryl methyl sites for hydroxylation is 1. The lowest BCUT2D eigenvalue weighted by molar-refractivity contribution is -0.192.